The molecule has 1 heterocycles. The van der Waals surface area contributed by atoms with E-state index < -0.39 is 0 Å². The molecule has 1 aromatic carbocycles. The third-order valence-electron chi connectivity index (χ3n) is 4.32. The van der Waals surface area contributed by atoms with Gasteiger partial charge in [-0.2, -0.15) is 0 Å². The Morgan fingerprint density at radius 3 is 2.20 bits per heavy atom. The van der Waals surface area contributed by atoms with E-state index in [0.717, 1.165) is 18.0 Å². The zero-order valence-corrected chi connectivity index (χ0v) is 13.0. The number of ether oxygens (including phenoxy) is 2. The molecular formula is C16H26N2O2. The lowest BCUT2D eigenvalue weighted by atomic mass is 9.97. The Morgan fingerprint density at radius 1 is 1.20 bits per heavy atom. The van der Waals surface area contributed by atoms with Gasteiger partial charge < -0.3 is 15.2 Å². The molecule has 2 N–H and O–H groups in total. The number of likely N-dealkylation sites (tertiary alicyclic amines) is 1. The first-order valence-corrected chi connectivity index (χ1v) is 7.21. The molecule has 1 aromatic rings. The van der Waals surface area contributed by atoms with E-state index in [9.17, 15) is 0 Å². The summed E-state index contributed by atoms with van der Waals surface area (Å²) in [6, 6.07) is 6.23. The molecule has 0 aliphatic carbocycles. The quantitative estimate of drug-likeness (QED) is 0.899. The average Bonchev–Trinajstić information content (AvgIpc) is 2.79. The molecule has 1 aliphatic rings. The normalized spacial score (nSPS) is 19.9. The molecule has 1 atom stereocenters. The van der Waals surface area contributed by atoms with Gasteiger partial charge in [0, 0.05) is 24.2 Å². The van der Waals surface area contributed by atoms with E-state index in [1.54, 1.807) is 14.2 Å². The molecule has 20 heavy (non-hydrogen) atoms. The Labute approximate surface area is 121 Å². The van der Waals surface area contributed by atoms with Crippen molar-refractivity contribution in [2.45, 2.75) is 38.3 Å². The first kappa shape index (κ1) is 15.1. The third-order valence-corrected chi connectivity index (χ3v) is 4.32. The standard InChI is InChI=1S/C16H26N2O2/c1-16(2)6-5-7-18(16)15(11-17)12-8-13(19-3)10-14(9-12)20-4/h8-10,15H,5-7,11,17H2,1-4H3. The van der Waals surface area contributed by atoms with Crippen LogP contribution in [-0.2, 0) is 0 Å². The molecule has 1 unspecified atom stereocenters. The van der Waals surface area contributed by atoms with Gasteiger partial charge in [-0.3, -0.25) is 4.90 Å². The van der Waals surface area contributed by atoms with Gasteiger partial charge in [0.1, 0.15) is 11.5 Å². The summed E-state index contributed by atoms with van der Waals surface area (Å²) in [5.74, 6) is 1.63. The topological polar surface area (TPSA) is 47.7 Å². The number of nitrogens with two attached hydrogens (primary N) is 1. The fourth-order valence-electron chi connectivity index (χ4n) is 3.17. The molecule has 0 bridgehead atoms. The van der Waals surface area contributed by atoms with E-state index in [1.165, 1.54) is 18.4 Å². The highest BCUT2D eigenvalue weighted by Crippen LogP contribution is 2.38. The number of hydrogen-bond acceptors (Lipinski definition) is 4. The maximum Gasteiger partial charge on any atom is 0.122 e. The van der Waals surface area contributed by atoms with Crippen LogP contribution in [0.4, 0.5) is 0 Å². The first-order chi connectivity index (χ1) is 9.51. The molecule has 112 valence electrons. The van der Waals surface area contributed by atoms with Gasteiger partial charge in [-0.05, 0) is 50.9 Å². The van der Waals surface area contributed by atoms with Crippen LogP contribution in [0.5, 0.6) is 11.5 Å². The van der Waals surface area contributed by atoms with Crippen LogP contribution in [0.25, 0.3) is 0 Å². The van der Waals surface area contributed by atoms with Gasteiger partial charge in [-0.1, -0.05) is 0 Å². The number of nitrogens with zero attached hydrogens (tertiary/aromatic N) is 1. The molecule has 1 fully saturated rings. The van der Waals surface area contributed by atoms with Gasteiger partial charge >= 0.3 is 0 Å². The van der Waals surface area contributed by atoms with E-state index in [-0.39, 0.29) is 11.6 Å². The lowest BCUT2D eigenvalue weighted by molar-refractivity contribution is 0.119. The average molecular weight is 278 g/mol. The zero-order chi connectivity index (χ0) is 14.8. The van der Waals surface area contributed by atoms with Crippen molar-refractivity contribution in [3.8, 4) is 11.5 Å². The highest BCUT2D eigenvalue weighted by molar-refractivity contribution is 5.40. The Balaban J connectivity index is 2.36. The fraction of sp³-hybridized carbons (Fsp3) is 0.625. The summed E-state index contributed by atoms with van der Waals surface area (Å²) in [5, 5.41) is 0. The number of rotatable bonds is 5. The van der Waals surface area contributed by atoms with E-state index in [2.05, 4.69) is 30.9 Å². The molecule has 4 heteroatoms. The Morgan fingerprint density at radius 2 is 1.80 bits per heavy atom. The largest absolute Gasteiger partial charge is 0.497 e. The van der Waals surface area contributed by atoms with Crippen LogP contribution in [0, 0.1) is 0 Å². The van der Waals surface area contributed by atoms with E-state index in [0.29, 0.717) is 6.54 Å². The molecule has 0 saturated carbocycles. The molecule has 0 radical (unpaired) electrons. The Hall–Kier alpha value is -1.26. The van der Waals surface area contributed by atoms with Crippen molar-refractivity contribution >= 4 is 0 Å². The minimum Gasteiger partial charge on any atom is -0.497 e. The van der Waals surface area contributed by atoms with Gasteiger partial charge in [0.2, 0.25) is 0 Å². The predicted molar refractivity (Wildman–Crippen MR) is 81.4 cm³/mol. The predicted octanol–water partition coefficient (Wildman–Crippen LogP) is 2.58. The van der Waals surface area contributed by atoms with Crippen LogP contribution in [0.3, 0.4) is 0 Å². The maximum atomic E-state index is 6.07. The minimum atomic E-state index is 0.195. The van der Waals surface area contributed by atoms with Crippen LogP contribution in [0.1, 0.15) is 38.3 Å². The van der Waals surface area contributed by atoms with Crippen molar-refractivity contribution in [3.63, 3.8) is 0 Å². The fourth-order valence-corrected chi connectivity index (χ4v) is 3.17. The summed E-state index contributed by atoms with van der Waals surface area (Å²) in [6.45, 7) is 6.27. The van der Waals surface area contributed by atoms with E-state index in [4.69, 9.17) is 15.2 Å². The van der Waals surface area contributed by atoms with Gasteiger partial charge in [0.05, 0.1) is 14.2 Å². The highest BCUT2D eigenvalue weighted by atomic mass is 16.5. The molecule has 1 saturated heterocycles. The van der Waals surface area contributed by atoms with Crippen molar-refractivity contribution in [1.29, 1.82) is 0 Å². The second-order valence-corrected chi connectivity index (χ2v) is 6.01. The molecule has 1 aliphatic heterocycles. The Kier molecular flexibility index (Phi) is 4.55. The van der Waals surface area contributed by atoms with Crippen molar-refractivity contribution in [3.05, 3.63) is 23.8 Å². The number of hydrogen-bond donors (Lipinski definition) is 1. The molecule has 0 amide bonds. The second-order valence-electron chi connectivity index (χ2n) is 6.01. The van der Waals surface area contributed by atoms with Crippen LogP contribution in [-0.4, -0.2) is 37.7 Å². The van der Waals surface area contributed by atoms with Crippen LogP contribution < -0.4 is 15.2 Å². The van der Waals surface area contributed by atoms with Gasteiger partial charge in [-0.25, -0.2) is 0 Å². The lowest BCUT2D eigenvalue weighted by Gasteiger charge is -2.38. The molecule has 0 spiro atoms. The summed E-state index contributed by atoms with van der Waals surface area (Å²) in [7, 11) is 3.35. The highest BCUT2D eigenvalue weighted by Gasteiger charge is 2.37. The summed E-state index contributed by atoms with van der Waals surface area (Å²) >= 11 is 0. The maximum absolute atomic E-state index is 6.07. The van der Waals surface area contributed by atoms with Crippen molar-refractivity contribution < 1.29 is 9.47 Å². The molecule has 2 rings (SSSR count). The SMILES string of the molecule is COc1cc(OC)cc(C(CN)N2CCCC2(C)C)c1. The second kappa shape index (κ2) is 6.02. The summed E-state index contributed by atoms with van der Waals surface area (Å²) in [5.41, 5.74) is 7.43. The number of methoxy groups -OCH3 is 2. The van der Waals surface area contributed by atoms with Crippen molar-refractivity contribution in [2.75, 3.05) is 27.3 Å². The van der Waals surface area contributed by atoms with Crippen LogP contribution >= 0.6 is 0 Å². The number of benzene rings is 1. The summed E-state index contributed by atoms with van der Waals surface area (Å²) in [4.78, 5) is 2.50. The molecular weight excluding hydrogens is 252 g/mol. The van der Waals surface area contributed by atoms with Gasteiger partial charge in [-0.15, -0.1) is 0 Å². The first-order valence-electron chi connectivity index (χ1n) is 7.21. The van der Waals surface area contributed by atoms with E-state index in [1.807, 2.05) is 6.07 Å². The third kappa shape index (κ3) is 2.91. The van der Waals surface area contributed by atoms with Gasteiger partial charge in [0.15, 0.2) is 0 Å². The van der Waals surface area contributed by atoms with Gasteiger partial charge in [0.25, 0.3) is 0 Å². The van der Waals surface area contributed by atoms with Crippen molar-refractivity contribution in [2.24, 2.45) is 5.73 Å². The Bertz CT molecular complexity index is 438. The van der Waals surface area contributed by atoms with Crippen molar-refractivity contribution in [1.82, 2.24) is 4.90 Å². The monoisotopic (exact) mass is 278 g/mol. The molecule has 0 aromatic heterocycles. The minimum absolute atomic E-state index is 0.195. The van der Waals surface area contributed by atoms with Crippen LogP contribution in [0.2, 0.25) is 0 Å². The lowest BCUT2D eigenvalue weighted by Crippen LogP contribution is -2.43. The summed E-state index contributed by atoms with van der Waals surface area (Å²) < 4.78 is 10.7. The molecule has 4 nitrogen and oxygen atoms in total. The smallest absolute Gasteiger partial charge is 0.122 e. The zero-order valence-electron chi connectivity index (χ0n) is 13.0. The van der Waals surface area contributed by atoms with E-state index >= 15 is 0 Å². The van der Waals surface area contributed by atoms with Crippen LogP contribution in [0.15, 0.2) is 18.2 Å². The summed E-state index contributed by atoms with van der Waals surface area (Å²) in [6.07, 6.45) is 2.44.